The Morgan fingerprint density at radius 1 is 0.613 bits per heavy atom. The fourth-order valence-electron chi connectivity index (χ4n) is 5.68. The van der Waals surface area contributed by atoms with E-state index in [1.54, 1.807) is 48.7 Å². The maximum absolute atomic E-state index is 13.9. The Labute approximate surface area is 363 Å². The van der Waals surface area contributed by atoms with Gasteiger partial charge in [0.1, 0.15) is 29.9 Å². The van der Waals surface area contributed by atoms with Gasteiger partial charge < -0.3 is 70.8 Å². The molecule has 6 amide bonds. The normalized spacial score (nSPS) is 13.1. The lowest BCUT2D eigenvalue weighted by Gasteiger charge is -2.26. The number of amides is 6. The second-order valence-corrected chi connectivity index (χ2v) is 15.0. The summed E-state index contributed by atoms with van der Waals surface area (Å²) < 4.78 is 0. The van der Waals surface area contributed by atoms with Gasteiger partial charge in [-0.3, -0.25) is 38.8 Å². The van der Waals surface area contributed by atoms with Crippen molar-refractivity contribution in [1.29, 1.82) is 0 Å². The molecule has 0 aliphatic carbocycles. The molecule has 0 spiro atoms. The summed E-state index contributed by atoms with van der Waals surface area (Å²) in [6.07, 6.45) is 2.45. The molecule has 340 valence electrons. The van der Waals surface area contributed by atoms with Gasteiger partial charge in [0.2, 0.25) is 35.4 Å². The molecular formula is C39H59N13O9S. The molecule has 62 heavy (non-hydrogen) atoms. The molecule has 0 aromatic heterocycles. The van der Waals surface area contributed by atoms with Crippen molar-refractivity contribution in [2.24, 2.45) is 38.7 Å². The number of phenols is 1. The highest BCUT2D eigenvalue weighted by Crippen LogP contribution is 2.12. The van der Waals surface area contributed by atoms with Gasteiger partial charge in [-0.2, -0.15) is 11.8 Å². The average molecular weight is 886 g/mol. The fraction of sp³-hybridized carbons (Fsp3) is 0.462. The number of aliphatic carboxylic acids is 1. The lowest BCUT2D eigenvalue weighted by Crippen LogP contribution is -2.58. The smallest absolute Gasteiger partial charge is 0.326 e. The number of nitrogens with one attached hydrogen (secondary N) is 6. The lowest BCUT2D eigenvalue weighted by molar-refractivity contribution is -0.142. The average Bonchev–Trinajstić information content (AvgIpc) is 3.23. The molecule has 0 fully saturated rings. The fourth-order valence-corrected chi connectivity index (χ4v) is 6.15. The molecule has 2 aromatic carbocycles. The second kappa shape index (κ2) is 28.0. The Balaban J connectivity index is 2.16. The number of aromatic hydroxyl groups is 1. The van der Waals surface area contributed by atoms with Gasteiger partial charge in [0, 0.05) is 19.5 Å². The van der Waals surface area contributed by atoms with Crippen molar-refractivity contribution in [2.75, 3.05) is 38.2 Å². The molecule has 2 aromatic rings. The number of hydrogen-bond acceptors (Lipinski definition) is 12. The van der Waals surface area contributed by atoms with E-state index in [2.05, 4.69) is 41.9 Å². The lowest BCUT2D eigenvalue weighted by atomic mass is 10.0. The summed E-state index contributed by atoms with van der Waals surface area (Å²) >= 11 is 1.39. The molecular weight excluding hydrogens is 827 g/mol. The van der Waals surface area contributed by atoms with Crippen molar-refractivity contribution >= 4 is 65.1 Å². The first-order valence-corrected chi connectivity index (χ1v) is 21.0. The molecule has 0 saturated carbocycles. The summed E-state index contributed by atoms with van der Waals surface area (Å²) in [5.74, 6) is -5.60. The minimum atomic E-state index is -1.34. The number of hydrogen-bond donors (Lipinski definition) is 13. The Kier molecular flexibility index (Phi) is 23.3. The molecule has 18 N–H and O–H groups in total. The van der Waals surface area contributed by atoms with Gasteiger partial charge in [0.25, 0.3) is 0 Å². The topological polar surface area (TPSA) is 387 Å². The maximum atomic E-state index is 13.9. The molecule has 0 aliphatic rings. The van der Waals surface area contributed by atoms with Crippen molar-refractivity contribution in [3.05, 3.63) is 65.7 Å². The minimum absolute atomic E-state index is 0.00616. The number of carboxylic acid groups (broad SMARTS) is 1. The van der Waals surface area contributed by atoms with Gasteiger partial charge in [-0.1, -0.05) is 42.5 Å². The van der Waals surface area contributed by atoms with Crippen LogP contribution in [-0.2, 0) is 46.4 Å². The van der Waals surface area contributed by atoms with Gasteiger partial charge in [-0.05, 0) is 73.8 Å². The Morgan fingerprint density at radius 3 is 1.66 bits per heavy atom. The van der Waals surface area contributed by atoms with Crippen molar-refractivity contribution < 1.29 is 43.8 Å². The molecule has 0 aliphatic heterocycles. The van der Waals surface area contributed by atoms with E-state index in [-0.39, 0.29) is 75.7 Å². The van der Waals surface area contributed by atoms with Crippen LogP contribution in [0.3, 0.4) is 0 Å². The van der Waals surface area contributed by atoms with Crippen LogP contribution in [0.2, 0.25) is 0 Å². The molecule has 23 heteroatoms. The first kappa shape index (κ1) is 51.5. The van der Waals surface area contributed by atoms with Crippen LogP contribution in [0.15, 0.2) is 64.6 Å². The summed E-state index contributed by atoms with van der Waals surface area (Å²) in [4.78, 5) is 99.1. The molecule has 22 nitrogen and oxygen atoms in total. The van der Waals surface area contributed by atoms with Crippen molar-refractivity contribution in [3.8, 4) is 5.75 Å². The summed E-state index contributed by atoms with van der Waals surface area (Å²) in [5.41, 5.74) is 28.8. The van der Waals surface area contributed by atoms with E-state index in [1.807, 2.05) is 0 Å². The summed E-state index contributed by atoms with van der Waals surface area (Å²) in [6, 6.07) is 8.80. The number of phenolic OH excluding ortho intramolecular Hbond substituents is 1. The van der Waals surface area contributed by atoms with E-state index in [0.29, 0.717) is 16.9 Å². The van der Waals surface area contributed by atoms with Crippen LogP contribution in [0.4, 0.5) is 0 Å². The standard InChI is InChI=1S/C39H59N13O9S/c1-62-18-15-28(35(58)50-27(9-5-16-45-38(41)42)34(57)52-29(37(60)61)10-6-17-46-39(43)44)51-36(59)30(20-23-7-3-2-4-8-23)49-32(55)22-47-31(54)21-48-33(56)26(40)19-24-11-13-25(53)14-12-24/h2-4,7-8,11-14,26-30,53H,5-6,9-10,15-22,40H2,1H3,(H,47,54)(H,48,56)(H,49,55)(H,50,58)(H,51,59)(H,52,57)(H,60,61)(H4,41,42,45)(H4,43,44,46). The van der Waals surface area contributed by atoms with E-state index in [0.717, 1.165) is 0 Å². The zero-order chi connectivity index (χ0) is 46.0. The molecule has 2 rings (SSSR count). The highest BCUT2D eigenvalue weighted by Gasteiger charge is 2.31. The number of aliphatic imine (C=N–C) groups is 2. The van der Waals surface area contributed by atoms with Crippen LogP contribution in [-0.4, -0.2) is 132 Å². The minimum Gasteiger partial charge on any atom is -0.508 e. The largest absolute Gasteiger partial charge is 0.508 e. The number of rotatable bonds is 28. The summed E-state index contributed by atoms with van der Waals surface area (Å²) in [6.45, 7) is -0.829. The quantitative estimate of drug-likeness (QED) is 0.0225. The molecule has 0 saturated heterocycles. The number of carboxylic acids is 1. The Morgan fingerprint density at radius 2 is 1.11 bits per heavy atom. The van der Waals surface area contributed by atoms with Gasteiger partial charge >= 0.3 is 5.97 Å². The van der Waals surface area contributed by atoms with Crippen molar-refractivity contribution in [2.45, 2.75) is 75.2 Å². The first-order valence-electron chi connectivity index (χ1n) is 19.6. The predicted molar refractivity (Wildman–Crippen MR) is 234 cm³/mol. The number of thioether (sulfide) groups is 1. The third kappa shape index (κ3) is 21.1. The SMILES string of the molecule is CSCCC(NC(=O)C(Cc1ccccc1)NC(=O)CNC(=O)CNC(=O)C(N)Cc1ccc(O)cc1)C(=O)NC(CCCN=C(N)N)C(=O)NC(CCCN=C(N)N)C(=O)O. The predicted octanol–water partition coefficient (Wildman–Crippen LogP) is -3.38. The van der Waals surface area contributed by atoms with Gasteiger partial charge in [-0.25, -0.2) is 4.79 Å². The van der Waals surface area contributed by atoms with Crippen molar-refractivity contribution in [1.82, 2.24) is 31.9 Å². The number of carbonyl (C=O) groups excluding carboxylic acids is 6. The molecule has 0 radical (unpaired) electrons. The van der Waals surface area contributed by atoms with E-state index in [4.69, 9.17) is 28.7 Å². The Hall–Kier alpha value is -6.62. The number of guanidine groups is 2. The van der Waals surface area contributed by atoms with Crippen LogP contribution in [0.5, 0.6) is 5.75 Å². The number of nitrogens with two attached hydrogens (primary N) is 5. The second-order valence-electron chi connectivity index (χ2n) is 14.0. The van der Waals surface area contributed by atoms with Gasteiger partial charge in [0.15, 0.2) is 11.9 Å². The Bertz CT molecular complexity index is 1840. The van der Waals surface area contributed by atoms with E-state index in [1.165, 1.54) is 23.9 Å². The zero-order valence-corrected chi connectivity index (χ0v) is 35.3. The van der Waals surface area contributed by atoms with Crippen molar-refractivity contribution in [3.63, 3.8) is 0 Å². The third-order valence-electron chi connectivity index (χ3n) is 8.91. The van der Waals surface area contributed by atoms with Crippen LogP contribution in [0.1, 0.15) is 43.2 Å². The van der Waals surface area contributed by atoms with Gasteiger partial charge in [-0.15, -0.1) is 0 Å². The summed E-state index contributed by atoms with van der Waals surface area (Å²) in [5, 5.41) is 34.4. The molecule has 5 atom stereocenters. The van der Waals surface area contributed by atoms with Crippen LogP contribution in [0, 0.1) is 0 Å². The number of benzene rings is 2. The van der Waals surface area contributed by atoms with E-state index >= 15 is 0 Å². The zero-order valence-electron chi connectivity index (χ0n) is 34.5. The monoisotopic (exact) mass is 885 g/mol. The van der Waals surface area contributed by atoms with Crippen LogP contribution >= 0.6 is 11.8 Å². The number of nitrogens with zero attached hydrogens (tertiary/aromatic N) is 2. The summed E-state index contributed by atoms with van der Waals surface area (Å²) in [7, 11) is 0. The van der Waals surface area contributed by atoms with Gasteiger partial charge in [0.05, 0.1) is 19.1 Å². The van der Waals surface area contributed by atoms with Crippen LogP contribution in [0.25, 0.3) is 0 Å². The molecule has 0 heterocycles. The highest BCUT2D eigenvalue weighted by atomic mass is 32.2. The van der Waals surface area contributed by atoms with E-state index in [9.17, 15) is 43.8 Å². The maximum Gasteiger partial charge on any atom is 0.326 e. The third-order valence-corrected chi connectivity index (χ3v) is 9.56. The van der Waals surface area contributed by atoms with Crippen LogP contribution < -0.4 is 60.6 Å². The molecule has 0 bridgehead atoms. The molecule has 5 unspecified atom stereocenters. The van der Waals surface area contributed by atoms with E-state index < -0.39 is 84.7 Å². The number of carbonyl (C=O) groups is 7. The highest BCUT2D eigenvalue weighted by molar-refractivity contribution is 7.98. The first-order chi connectivity index (χ1) is 29.5.